The summed E-state index contributed by atoms with van der Waals surface area (Å²) >= 11 is 0. The Morgan fingerprint density at radius 2 is 1.77 bits per heavy atom. The number of hydrogen-bond donors (Lipinski definition) is 1. The molecule has 70 valence electrons. The Kier molecular flexibility index (Phi) is 3.26. The molecule has 0 bridgehead atoms. The van der Waals surface area contributed by atoms with Crippen LogP contribution >= 0.6 is 0 Å². The zero-order chi connectivity index (χ0) is 9.84. The van der Waals surface area contributed by atoms with Crippen LogP contribution in [0.3, 0.4) is 0 Å². The van der Waals surface area contributed by atoms with Gasteiger partial charge in [-0.25, -0.2) is 0 Å². The van der Waals surface area contributed by atoms with Gasteiger partial charge in [-0.15, -0.1) is 6.58 Å². The molecule has 1 aromatic rings. The van der Waals surface area contributed by atoms with E-state index in [1.807, 2.05) is 24.3 Å². The molecule has 1 rings (SSSR count). The molecule has 0 aliphatic heterocycles. The summed E-state index contributed by atoms with van der Waals surface area (Å²) in [5.41, 5.74) is 2.16. The number of aliphatic hydroxyl groups excluding tert-OH is 1. The van der Waals surface area contributed by atoms with Gasteiger partial charge in [-0.3, -0.25) is 0 Å². The molecule has 13 heavy (non-hydrogen) atoms. The molecule has 0 amide bonds. The lowest BCUT2D eigenvalue weighted by atomic mass is 9.94. The minimum absolute atomic E-state index is 0.436. The average molecular weight is 176 g/mol. The SMILES string of the molecule is C=CC(O)c1ccccc1C(C)C. The van der Waals surface area contributed by atoms with E-state index < -0.39 is 6.10 Å². The monoisotopic (exact) mass is 176 g/mol. The lowest BCUT2D eigenvalue weighted by Gasteiger charge is -2.14. The molecule has 1 unspecified atom stereocenters. The zero-order valence-electron chi connectivity index (χ0n) is 8.20. The fourth-order valence-corrected chi connectivity index (χ4v) is 1.43. The summed E-state index contributed by atoms with van der Waals surface area (Å²) in [6.45, 7) is 7.83. The summed E-state index contributed by atoms with van der Waals surface area (Å²) in [4.78, 5) is 0. The van der Waals surface area contributed by atoms with Crippen molar-refractivity contribution in [3.63, 3.8) is 0 Å². The van der Waals surface area contributed by atoms with Gasteiger partial charge in [0.2, 0.25) is 0 Å². The lowest BCUT2D eigenvalue weighted by molar-refractivity contribution is 0.227. The van der Waals surface area contributed by atoms with Gasteiger partial charge in [0.25, 0.3) is 0 Å². The van der Waals surface area contributed by atoms with Crippen molar-refractivity contribution in [2.75, 3.05) is 0 Å². The number of hydrogen-bond acceptors (Lipinski definition) is 1. The summed E-state index contributed by atoms with van der Waals surface area (Å²) in [5, 5.41) is 9.64. The quantitative estimate of drug-likeness (QED) is 0.702. The molecule has 1 aromatic carbocycles. The standard InChI is InChI=1S/C12H16O/c1-4-12(13)11-8-6-5-7-10(11)9(2)3/h4-9,12-13H,1H2,2-3H3. The van der Waals surface area contributed by atoms with Gasteiger partial charge in [-0.05, 0) is 17.0 Å². The zero-order valence-corrected chi connectivity index (χ0v) is 8.20. The highest BCUT2D eigenvalue weighted by molar-refractivity contribution is 5.33. The van der Waals surface area contributed by atoms with E-state index in [0.717, 1.165) is 5.56 Å². The molecular formula is C12H16O. The molecule has 0 aromatic heterocycles. The molecule has 1 heteroatoms. The van der Waals surface area contributed by atoms with Gasteiger partial charge in [0.1, 0.15) is 0 Å². The van der Waals surface area contributed by atoms with Gasteiger partial charge >= 0.3 is 0 Å². The van der Waals surface area contributed by atoms with Gasteiger partial charge in [0.15, 0.2) is 0 Å². The third kappa shape index (κ3) is 2.19. The fourth-order valence-electron chi connectivity index (χ4n) is 1.43. The first-order valence-corrected chi connectivity index (χ1v) is 4.56. The van der Waals surface area contributed by atoms with Crippen LogP contribution in [-0.2, 0) is 0 Å². The van der Waals surface area contributed by atoms with Crippen molar-refractivity contribution in [3.8, 4) is 0 Å². The summed E-state index contributed by atoms with van der Waals surface area (Å²) in [6, 6.07) is 7.93. The molecule has 1 nitrogen and oxygen atoms in total. The van der Waals surface area contributed by atoms with Crippen LogP contribution in [0.1, 0.15) is 37.0 Å². The highest BCUT2D eigenvalue weighted by atomic mass is 16.3. The summed E-state index contributed by atoms with van der Waals surface area (Å²) in [7, 11) is 0. The molecule has 0 saturated heterocycles. The Hall–Kier alpha value is -1.08. The molecule has 0 aliphatic rings. The van der Waals surface area contributed by atoms with Gasteiger partial charge in [0, 0.05) is 0 Å². The van der Waals surface area contributed by atoms with Gasteiger partial charge in [-0.1, -0.05) is 44.2 Å². The maximum absolute atomic E-state index is 9.64. The average Bonchev–Trinajstić information content (AvgIpc) is 2.16. The minimum Gasteiger partial charge on any atom is -0.384 e. The second kappa shape index (κ2) is 4.24. The van der Waals surface area contributed by atoms with E-state index in [1.165, 1.54) is 5.56 Å². The Bertz CT molecular complexity index is 289. The van der Waals surface area contributed by atoms with Crippen LogP contribution in [0.4, 0.5) is 0 Å². The Labute approximate surface area is 79.7 Å². The first kappa shape index (κ1) is 10.0. The van der Waals surface area contributed by atoms with Crippen molar-refractivity contribution in [2.45, 2.75) is 25.9 Å². The van der Waals surface area contributed by atoms with E-state index in [2.05, 4.69) is 20.4 Å². The number of benzene rings is 1. The van der Waals surface area contributed by atoms with Crippen LogP contribution in [0, 0.1) is 0 Å². The molecular weight excluding hydrogens is 160 g/mol. The van der Waals surface area contributed by atoms with Crippen molar-refractivity contribution in [1.82, 2.24) is 0 Å². The Balaban J connectivity index is 3.11. The Morgan fingerprint density at radius 1 is 1.23 bits per heavy atom. The largest absolute Gasteiger partial charge is 0.384 e. The van der Waals surface area contributed by atoms with Gasteiger partial charge in [0.05, 0.1) is 6.10 Å². The second-order valence-corrected chi connectivity index (χ2v) is 3.46. The molecule has 1 N–H and O–H groups in total. The van der Waals surface area contributed by atoms with E-state index in [1.54, 1.807) is 6.08 Å². The number of rotatable bonds is 3. The smallest absolute Gasteiger partial charge is 0.0971 e. The third-order valence-electron chi connectivity index (χ3n) is 2.16. The van der Waals surface area contributed by atoms with Crippen LogP contribution in [0.2, 0.25) is 0 Å². The molecule has 0 fully saturated rings. The normalized spacial score (nSPS) is 12.9. The fraction of sp³-hybridized carbons (Fsp3) is 0.333. The predicted molar refractivity (Wildman–Crippen MR) is 55.7 cm³/mol. The van der Waals surface area contributed by atoms with Crippen LogP contribution in [-0.4, -0.2) is 5.11 Å². The molecule has 0 aliphatic carbocycles. The minimum atomic E-state index is -0.543. The van der Waals surface area contributed by atoms with Crippen molar-refractivity contribution < 1.29 is 5.11 Å². The maximum atomic E-state index is 9.64. The number of aliphatic hydroxyl groups is 1. The first-order chi connectivity index (χ1) is 6.16. The topological polar surface area (TPSA) is 20.2 Å². The van der Waals surface area contributed by atoms with Crippen molar-refractivity contribution in [1.29, 1.82) is 0 Å². The summed E-state index contributed by atoms with van der Waals surface area (Å²) in [6.07, 6.45) is 1.01. The molecule has 0 spiro atoms. The van der Waals surface area contributed by atoms with E-state index in [9.17, 15) is 5.11 Å². The van der Waals surface area contributed by atoms with Gasteiger partial charge < -0.3 is 5.11 Å². The van der Waals surface area contributed by atoms with E-state index >= 15 is 0 Å². The molecule has 0 radical (unpaired) electrons. The van der Waals surface area contributed by atoms with Crippen LogP contribution in [0.25, 0.3) is 0 Å². The van der Waals surface area contributed by atoms with Crippen molar-refractivity contribution >= 4 is 0 Å². The van der Waals surface area contributed by atoms with Gasteiger partial charge in [-0.2, -0.15) is 0 Å². The highest BCUT2D eigenvalue weighted by Crippen LogP contribution is 2.24. The molecule has 0 saturated carbocycles. The first-order valence-electron chi connectivity index (χ1n) is 4.56. The maximum Gasteiger partial charge on any atom is 0.0971 e. The van der Waals surface area contributed by atoms with E-state index in [-0.39, 0.29) is 0 Å². The van der Waals surface area contributed by atoms with Crippen molar-refractivity contribution in [3.05, 3.63) is 48.0 Å². The van der Waals surface area contributed by atoms with Crippen LogP contribution < -0.4 is 0 Å². The van der Waals surface area contributed by atoms with Crippen LogP contribution in [0.15, 0.2) is 36.9 Å². The third-order valence-corrected chi connectivity index (χ3v) is 2.16. The van der Waals surface area contributed by atoms with Crippen LogP contribution in [0.5, 0.6) is 0 Å². The summed E-state index contributed by atoms with van der Waals surface area (Å²) < 4.78 is 0. The molecule has 1 atom stereocenters. The predicted octanol–water partition coefficient (Wildman–Crippen LogP) is 3.03. The lowest BCUT2D eigenvalue weighted by Crippen LogP contribution is -2.00. The second-order valence-electron chi connectivity index (χ2n) is 3.46. The molecule has 0 heterocycles. The summed E-state index contributed by atoms with van der Waals surface area (Å²) in [5.74, 6) is 0.436. The van der Waals surface area contributed by atoms with E-state index in [0.29, 0.717) is 5.92 Å². The van der Waals surface area contributed by atoms with Crippen molar-refractivity contribution in [2.24, 2.45) is 0 Å². The van der Waals surface area contributed by atoms with E-state index in [4.69, 9.17) is 0 Å². The Morgan fingerprint density at radius 3 is 2.23 bits per heavy atom. The highest BCUT2D eigenvalue weighted by Gasteiger charge is 2.10.